The molecule has 0 saturated heterocycles. The SMILES string of the molecule is CCC(C)C(N)C(=O)O.[Mn]. The molecule has 3 nitrogen and oxygen atoms in total. The zero-order valence-electron chi connectivity index (χ0n) is 6.17. The molecule has 0 rings (SSSR count). The molecular weight excluding hydrogens is 173 g/mol. The Bertz CT molecular complexity index is 108. The molecule has 0 saturated carbocycles. The second-order valence-electron chi connectivity index (χ2n) is 2.25. The maximum atomic E-state index is 10.2. The van der Waals surface area contributed by atoms with Crippen molar-refractivity contribution in [2.45, 2.75) is 26.3 Å². The Kier molecular flexibility index (Phi) is 7.20. The summed E-state index contributed by atoms with van der Waals surface area (Å²) in [4.78, 5) is 10.2. The Labute approximate surface area is 71.5 Å². The number of hydrogen-bond donors (Lipinski definition) is 2. The maximum absolute atomic E-state index is 10.2. The minimum Gasteiger partial charge on any atom is -0.480 e. The molecule has 0 spiro atoms. The summed E-state index contributed by atoms with van der Waals surface area (Å²) < 4.78 is 0. The largest absolute Gasteiger partial charge is 0.480 e. The van der Waals surface area contributed by atoms with E-state index in [1.165, 1.54) is 0 Å². The zero-order valence-corrected chi connectivity index (χ0v) is 7.35. The van der Waals surface area contributed by atoms with Gasteiger partial charge in [-0.05, 0) is 5.92 Å². The molecule has 0 aromatic carbocycles. The fourth-order valence-electron chi connectivity index (χ4n) is 0.497. The van der Waals surface area contributed by atoms with Gasteiger partial charge in [0.05, 0.1) is 0 Å². The van der Waals surface area contributed by atoms with Gasteiger partial charge >= 0.3 is 5.97 Å². The molecule has 10 heavy (non-hydrogen) atoms. The van der Waals surface area contributed by atoms with Crippen LogP contribution in [0.5, 0.6) is 0 Å². The van der Waals surface area contributed by atoms with Crippen LogP contribution in [0, 0.1) is 5.92 Å². The van der Waals surface area contributed by atoms with Crippen molar-refractivity contribution < 1.29 is 27.0 Å². The number of carbonyl (C=O) groups is 1. The van der Waals surface area contributed by atoms with Crippen LogP contribution < -0.4 is 5.73 Å². The van der Waals surface area contributed by atoms with E-state index >= 15 is 0 Å². The third-order valence-corrected chi connectivity index (χ3v) is 1.54. The van der Waals surface area contributed by atoms with Crippen LogP contribution >= 0.6 is 0 Å². The van der Waals surface area contributed by atoms with Crippen molar-refractivity contribution in [1.82, 2.24) is 0 Å². The van der Waals surface area contributed by atoms with E-state index in [0.29, 0.717) is 0 Å². The van der Waals surface area contributed by atoms with Crippen molar-refractivity contribution >= 4 is 5.97 Å². The molecule has 4 heteroatoms. The molecule has 0 aliphatic heterocycles. The van der Waals surface area contributed by atoms with Gasteiger partial charge in [0.25, 0.3) is 0 Å². The Hall–Kier alpha value is -0.0505. The van der Waals surface area contributed by atoms with Gasteiger partial charge in [-0.15, -0.1) is 0 Å². The second-order valence-corrected chi connectivity index (χ2v) is 2.25. The van der Waals surface area contributed by atoms with Gasteiger partial charge in [-0.1, -0.05) is 20.3 Å². The minimum atomic E-state index is -0.913. The number of carboxylic acid groups (broad SMARTS) is 1. The summed E-state index contributed by atoms with van der Waals surface area (Å²) in [7, 11) is 0. The van der Waals surface area contributed by atoms with Crippen LogP contribution in [0.1, 0.15) is 20.3 Å². The fraction of sp³-hybridized carbons (Fsp3) is 0.833. The molecule has 0 amide bonds. The first-order valence-electron chi connectivity index (χ1n) is 3.08. The molecule has 1 radical (unpaired) electrons. The zero-order chi connectivity index (χ0) is 7.44. The summed E-state index contributed by atoms with van der Waals surface area (Å²) in [5, 5.41) is 8.36. The summed E-state index contributed by atoms with van der Waals surface area (Å²) in [6, 6.07) is -0.699. The molecule has 0 aromatic heterocycles. The van der Waals surface area contributed by atoms with Crippen LogP contribution in [0.4, 0.5) is 0 Å². The summed E-state index contributed by atoms with van der Waals surface area (Å²) in [6.45, 7) is 3.76. The van der Waals surface area contributed by atoms with E-state index in [1.807, 2.05) is 13.8 Å². The van der Waals surface area contributed by atoms with Gasteiger partial charge in [0.2, 0.25) is 0 Å². The van der Waals surface area contributed by atoms with Crippen LogP contribution in [0.2, 0.25) is 0 Å². The smallest absolute Gasteiger partial charge is 0.320 e. The van der Waals surface area contributed by atoms with E-state index < -0.39 is 12.0 Å². The predicted octanol–water partition coefficient (Wildman–Crippen LogP) is 0.442. The van der Waals surface area contributed by atoms with Crippen molar-refractivity contribution in [2.24, 2.45) is 11.7 Å². The normalized spacial score (nSPS) is 15.1. The van der Waals surface area contributed by atoms with E-state index in [-0.39, 0.29) is 23.0 Å². The Morgan fingerprint density at radius 1 is 1.70 bits per heavy atom. The molecule has 61 valence electrons. The van der Waals surface area contributed by atoms with Gasteiger partial charge in [-0.2, -0.15) is 0 Å². The quantitative estimate of drug-likeness (QED) is 0.628. The first-order chi connectivity index (χ1) is 4.09. The number of hydrogen-bond acceptors (Lipinski definition) is 2. The van der Waals surface area contributed by atoms with Gasteiger partial charge in [0.15, 0.2) is 0 Å². The summed E-state index contributed by atoms with van der Waals surface area (Å²) in [5.74, 6) is -0.841. The number of aliphatic carboxylic acids is 1. The van der Waals surface area contributed by atoms with Gasteiger partial charge in [0.1, 0.15) is 6.04 Å². The molecule has 2 unspecified atom stereocenters. The average molecular weight is 186 g/mol. The summed E-state index contributed by atoms with van der Waals surface area (Å²) in [6.07, 6.45) is 0.813. The van der Waals surface area contributed by atoms with Crippen LogP contribution in [0.3, 0.4) is 0 Å². The number of nitrogens with two attached hydrogens (primary N) is 1. The van der Waals surface area contributed by atoms with Gasteiger partial charge in [-0.3, -0.25) is 4.79 Å². The van der Waals surface area contributed by atoms with E-state index in [2.05, 4.69) is 0 Å². The third-order valence-electron chi connectivity index (χ3n) is 1.54. The third kappa shape index (κ3) is 3.88. The van der Waals surface area contributed by atoms with Crippen LogP contribution in [-0.4, -0.2) is 17.1 Å². The predicted molar refractivity (Wildman–Crippen MR) is 35.1 cm³/mol. The maximum Gasteiger partial charge on any atom is 0.320 e. The molecule has 0 aromatic rings. The van der Waals surface area contributed by atoms with Crippen molar-refractivity contribution in [3.8, 4) is 0 Å². The topological polar surface area (TPSA) is 63.3 Å². The first-order valence-corrected chi connectivity index (χ1v) is 3.08. The molecule has 0 bridgehead atoms. The van der Waals surface area contributed by atoms with E-state index in [4.69, 9.17) is 10.8 Å². The molecule has 0 aliphatic rings. The fourth-order valence-corrected chi connectivity index (χ4v) is 0.497. The average Bonchev–Trinajstić information content (AvgIpc) is 1.84. The minimum absolute atomic E-state index is 0. The van der Waals surface area contributed by atoms with Crippen LogP contribution in [0.25, 0.3) is 0 Å². The molecule has 0 heterocycles. The van der Waals surface area contributed by atoms with E-state index in [0.717, 1.165) is 6.42 Å². The van der Waals surface area contributed by atoms with Crippen molar-refractivity contribution in [1.29, 1.82) is 0 Å². The molecule has 0 fully saturated rings. The van der Waals surface area contributed by atoms with Crippen molar-refractivity contribution in [3.05, 3.63) is 0 Å². The van der Waals surface area contributed by atoms with Crippen molar-refractivity contribution in [2.75, 3.05) is 0 Å². The van der Waals surface area contributed by atoms with Crippen molar-refractivity contribution in [3.63, 3.8) is 0 Å². The Balaban J connectivity index is 0. The number of carboxylic acids is 1. The van der Waals surface area contributed by atoms with Gasteiger partial charge < -0.3 is 10.8 Å². The van der Waals surface area contributed by atoms with Gasteiger partial charge in [0, 0.05) is 17.1 Å². The van der Waals surface area contributed by atoms with E-state index in [1.54, 1.807) is 0 Å². The van der Waals surface area contributed by atoms with E-state index in [9.17, 15) is 4.79 Å². The Morgan fingerprint density at radius 3 is 2.20 bits per heavy atom. The summed E-state index contributed by atoms with van der Waals surface area (Å²) in [5.41, 5.74) is 5.27. The first kappa shape index (κ1) is 12.6. The summed E-state index contributed by atoms with van der Waals surface area (Å²) >= 11 is 0. The van der Waals surface area contributed by atoms with Gasteiger partial charge in [-0.25, -0.2) is 0 Å². The molecular formula is C6H13MnNO2. The number of rotatable bonds is 3. The van der Waals surface area contributed by atoms with Crippen LogP contribution in [-0.2, 0) is 21.9 Å². The van der Waals surface area contributed by atoms with Crippen LogP contribution in [0.15, 0.2) is 0 Å². The molecule has 3 N–H and O–H groups in total. The Morgan fingerprint density at radius 2 is 2.10 bits per heavy atom. The molecule has 2 atom stereocenters. The second kappa shape index (κ2) is 5.71. The standard InChI is InChI=1S/C6H13NO2.Mn/c1-3-4(2)5(7)6(8)9;/h4-5H,3,7H2,1-2H3,(H,8,9);. The monoisotopic (exact) mass is 186 g/mol. The molecule has 0 aliphatic carbocycles.